The van der Waals surface area contributed by atoms with Gasteiger partial charge in [-0.3, -0.25) is 4.79 Å². The quantitative estimate of drug-likeness (QED) is 0.813. The first kappa shape index (κ1) is 14.3. The van der Waals surface area contributed by atoms with Gasteiger partial charge in [0.1, 0.15) is 11.4 Å². The van der Waals surface area contributed by atoms with Gasteiger partial charge < -0.3 is 9.47 Å². The molecule has 0 aliphatic heterocycles. The molecular formula is C16H16N2O4. The minimum absolute atomic E-state index is 0.000258. The Balaban J connectivity index is 2.16. The van der Waals surface area contributed by atoms with Crippen LogP contribution in [0.4, 0.5) is 0 Å². The number of Topliss-reactive ketones (excluding diaryl/α,β-unsaturated/α-hetero) is 1. The van der Waals surface area contributed by atoms with E-state index >= 15 is 0 Å². The summed E-state index contributed by atoms with van der Waals surface area (Å²) in [6.45, 7) is 0. The standard InChI is InChI=1S/C16H16N2O4/c1-21-11-8-6-10(7-9-11)18-15-12(4-3-5-13(15)19)14(17-18)16(20)22-2/h6-9H,3-5H2,1-2H3. The molecule has 1 aliphatic carbocycles. The fraction of sp³-hybridized carbons (Fsp3) is 0.312. The Morgan fingerprint density at radius 2 is 1.91 bits per heavy atom. The third kappa shape index (κ3) is 2.26. The van der Waals surface area contributed by atoms with Gasteiger partial charge in [0.15, 0.2) is 11.5 Å². The zero-order chi connectivity index (χ0) is 15.7. The molecule has 0 unspecified atom stereocenters. The number of esters is 1. The second-order valence-electron chi connectivity index (χ2n) is 5.05. The van der Waals surface area contributed by atoms with Crippen molar-refractivity contribution in [1.82, 2.24) is 9.78 Å². The maximum atomic E-state index is 12.3. The lowest BCUT2D eigenvalue weighted by molar-refractivity contribution is 0.0592. The van der Waals surface area contributed by atoms with Crippen LogP contribution in [0.25, 0.3) is 5.69 Å². The summed E-state index contributed by atoms with van der Waals surface area (Å²) in [6.07, 6.45) is 1.85. The molecule has 1 heterocycles. The van der Waals surface area contributed by atoms with Gasteiger partial charge in [0.25, 0.3) is 0 Å². The predicted octanol–water partition coefficient (Wildman–Crippen LogP) is 2.19. The molecule has 0 N–H and O–H groups in total. The van der Waals surface area contributed by atoms with Crippen molar-refractivity contribution in [3.05, 3.63) is 41.2 Å². The van der Waals surface area contributed by atoms with Gasteiger partial charge in [-0.2, -0.15) is 5.10 Å². The van der Waals surface area contributed by atoms with Crippen molar-refractivity contribution in [2.75, 3.05) is 14.2 Å². The van der Waals surface area contributed by atoms with Crippen molar-refractivity contribution in [3.8, 4) is 11.4 Å². The summed E-state index contributed by atoms with van der Waals surface area (Å²) in [5, 5.41) is 4.32. The molecule has 0 spiro atoms. The van der Waals surface area contributed by atoms with Crippen molar-refractivity contribution < 1.29 is 19.1 Å². The molecule has 6 heteroatoms. The molecule has 6 nitrogen and oxygen atoms in total. The average molecular weight is 300 g/mol. The van der Waals surface area contributed by atoms with Gasteiger partial charge in [-0.1, -0.05) is 0 Å². The van der Waals surface area contributed by atoms with Crippen molar-refractivity contribution in [2.45, 2.75) is 19.3 Å². The van der Waals surface area contributed by atoms with Crippen molar-refractivity contribution >= 4 is 11.8 Å². The van der Waals surface area contributed by atoms with Crippen LogP contribution in [0.15, 0.2) is 24.3 Å². The SMILES string of the molecule is COC(=O)c1nn(-c2ccc(OC)cc2)c2c1CCCC2=O. The number of methoxy groups -OCH3 is 2. The van der Waals surface area contributed by atoms with E-state index < -0.39 is 5.97 Å². The number of hydrogen-bond donors (Lipinski definition) is 0. The molecule has 0 bridgehead atoms. The first-order valence-electron chi connectivity index (χ1n) is 7.03. The fourth-order valence-corrected chi connectivity index (χ4v) is 2.69. The third-order valence-electron chi connectivity index (χ3n) is 3.77. The molecule has 114 valence electrons. The third-order valence-corrected chi connectivity index (χ3v) is 3.77. The van der Waals surface area contributed by atoms with Crippen molar-refractivity contribution in [3.63, 3.8) is 0 Å². The Hall–Kier alpha value is -2.63. The number of hydrogen-bond acceptors (Lipinski definition) is 5. The monoisotopic (exact) mass is 300 g/mol. The van der Waals surface area contributed by atoms with Crippen LogP contribution in [0.2, 0.25) is 0 Å². The average Bonchev–Trinajstić information content (AvgIpc) is 2.95. The van der Waals surface area contributed by atoms with E-state index in [1.54, 1.807) is 31.4 Å². The molecule has 22 heavy (non-hydrogen) atoms. The normalized spacial score (nSPS) is 13.6. The number of fused-ring (bicyclic) bond motifs is 1. The number of benzene rings is 1. The molecule has 1 aliphatic rings. The molecule has 3 rings (SSSR count). The predicted molar refractivity (Wildman–Crippen MR) is 78.7 cm³/mol. The Morgan fingerprint density at radius 1 is 1.18 bits per heavy atom. The van der Waals surface area contributed by atoms with Crippen LogP contribution in [0.1, 0.15) is 39.4 Å². The highest BCUT2D eigenvalue weighted by atomic mass is 16.5. The molecule has 0 saturated carbocycles. The lowest BCUT2D eigenvalue weighted by Gasteiger charge is -2.13. The first-order chi connectivity index (χ1) is 10.7. The van der Waals surface area contributed by atoms with E-state index in [-0.39, 0.29) is 11.5 Å². The topological polar surface area (TPSA) is 70.4 Å². The zero-order valence-corrected chi connectivity index (χ0v) is 12.5. The Morgan fingerprint density at radius 3 is 2.55 bits per heavy atom. The van der Waals surface area contributed by atoms with E-state index in [1.165, 1.54) is 11.8 Å². The number of carbonyl (C=O) groups excluding carboxylic acids is 2. The second-order valence-corrected chi connectivity index (χ2v) is 5.05. The number of ether oxygens (including phenoxy) is 2. The van der Waals surface area contributed by atoms with Crippen LogP contribution >= 0.6 is 0 Å². The highest BCUT2D eigenvalue weighted by molar-refractivity contribution is 6.01. The summed E-state index contributed by atoms with van der Waals surface area (Å²) in [6, 6.07) is 7.17. The summed E-state index contributed by atoms with van der Waals surface area (Å²) in [7, 11) is 2.90. The number of aromatic nitrogens is 2. The van der Waals surface area contributed by atoms with Gasteiger partial charge in [0, 0.05) is 12.0 Å². The molecular weight excluding hydrogens is 284 g/mol. The lowest BCUT2D eigenvalue weighted by atomic mass is 9.94. The molecule has 0 radical (unpaired) electrons. The maximum absolute atomic E-state index is 12.3. The highest BCUT2D eigenvalue weighted by Crippen LogP contribution is 2.28. The molecule has 0 saturated heterocycles. The molecule has 0 amide bonds. The molecule has 1 aromatic heterocycles. The maximum Gasteiger partial charge on any atom is 0.358 e. The van der Waals surface area contributed by atoms with Crippen LogP contribution in [0, 0.1) is 0 Å². The first-order valence-corrected chi connectivity index (χ1v) is 7.03. The number of rotatable bonds is 3. The summed E-state index contributed by atoms with van der Waals surface area (Å²) >= 11 is 0. The van der Waals surface area contributed by atoms with E-state index in [1.807, 2.05) is 0 Å². The van der Waals surface area contributed by atoms with Crippen LogP contribution in [0.3, 0.4) is 0 Å². The molecule has 2 aromatic rings. The van der Waals surface area contributed by atoms with E-state index in [0.717, 1.165) is 6.42 Å². The van der Waals surface area contributed by atoms with E-state index in [2.05, 4.69) is 5.10 Å². The van der Waals surface area contributed by atoms with Gasteiger partial charge in [-0.15, -0.1) is 0 Å². The Bertz CT molecular complexity index is 731. The van der Waals surface area contributed by atoms with Crippen LogP contribution < -0.4 is 4.74 Å². The lowest BCUT2D eigenvalue weighted by Crippen LogP contribution is -2.15. The molecule has 0 fully saturated rings. The Labute approximate surface area is 127 Å². The summed E-state index contributed by atoms with van der Waals surface area (Å²) in [4.78, 5) is 24.2. The van der Waals surface area contributed by atoms with Crippen molar-refractivity contribution in [2.24, 2.45) is 0 Å². The summed E-state index contributed by atoms with van der Waals surface area (Å²) < 4.78 is 11.4. The van der Waals surface area contributed by atoms with Gasteiger partial charge in [-0.25, -0.2) is 9.48 Å². The van der Waals surface area contributed by atoms with Crippen LogP contribution in [-0.2, 0) is 11.2 Å². The van der Waals surface area contributed by atoms with E-state index in [0.29, 0.717) is 35.5 Å². The summed E-state index contributed by atoms with van der Waals surface area (Å²) in [5.41, 5.74) is 2.10. The minimum atomic E-state index is -0.516. The number of carbonyl (C=O) groups is 2. The molecule has 0 atom stereocenters. The van der Waals surface area contributed by atoms with Gasteiger partial charge >= 0.3 is 5.97 Å². The number of nitrogens with zero attached hydrogens (tertiary/aromatic N) is 2. The molecule has 1 aromatic carbocycles. The largest absolute Gasteiger partial charge is 0.497 e. The van der Waals surface area contributed by atoms with Crippen LogP contribution in [0.5, 0.6) is 5.75 Å². The highest BCUT2D eigenvalue weighted by Gasteiger charge is 2.30. The van der Waals surface area contributed by atoms with E-state index in [4.69, 9.17) is 9.47 Å². The minimum Gasteiger partial charge on any atom is -0.497 e. The van der Waals surface area contributed by atoms with E-state index in [9.17, 15) is 9.59 Å². The van der Waals surface area contributed by atoms with Gasteiger partial charge in [0.2, 0.25) is 0 Å². The Kier molecular flexibility index (Phi) is 3.66. The van der Waals surface area contributed by atoms with Crippen molar-refractivity contribution in [1.29, 1.82) is 0 Å². The second kappa shape index (κ2) is 5.63. The fourth-order valence-electron chi connectivity index (χ4n) is 2.69. The smallest absolute Gasteiger partial charge is 0.358 e. The summed E-state index contributed by atoms with van der Waals surface area (Å²) in [5.74, 6) is 0.197. The number of ketones is 1. The van der Waals surface area contributed by atoms with Gasteiger partial charge in [-0.05, 0) is 37.1 Å². The van der Waals surface area contributed by atoms with Gasteiger partial charge in [0.05, 0.1) is 19.9 Å². The van der Waals surface area contributed by atoms with Crippen LogP contribution in [-0.4, -0.2) is 35.8 Å². The zero-order valence-electron chi connectivity index (χ0n) is 12.5.